The van der Waals surface area contributed by atoms with E-state index < -0.39 is 0 Å². The largest absolute Gasteiger partial charge is 0.235 e. The van der Waals surface area contributed by atoms with Gasteiger partial charge in [-0.05, 0) is 18.1 Å². The van der Waals surface area contributed by atoms with E-state index in [2.05, 4.69) is 27.5 Å². The van der Waals surface area contributed by atoms with E-state index in [0.717, 1.165) is 22.0 Å². The first-order chi connectivity index (χ1) is 6.74. The fraction of sp³-hybridized carbons (Fsp3) is 0.182. The van der Waals surface area contributed by atoms with Crippen LogP contribution < -0.4 is 0 Å². The Bertz CT molecular complexity index is 381. The van der Waals surface area contributed by atoms with E-state index in [-0.39, 0.29) is 0 Å². The van der Waals surface area contributed by atoms with Gasteiger partial charge in [-0.15, -0.1) is 0 Å². The van der Waals surface area contributed by atoms with Gasteiger partial charge in [0.25, 0.3) is 0 Å². The molecule has 1 aromatic rings. The van der Waals surface area contributed by atoms with Crippen LogP contribution in [0, 0.1) is 0 Å². The summed E-state index contributed by atoms with van der Waals surface area (Å²) in [5.74, 6) is 0. The summed E-state index contributed by atoms with van der Waals surface area (Å²) in [5, 5.41) is 0. The molecule has 1 rings (SSSR count). The van der Waals surface area contributed by atoms with Gasteiger partial charge in [-0.1, -0.05) is 46.3 Å². The summed E-state index contributed by atoms with van der Waals surface area (Å²) >= 11 is 3.44. The first-order valence-corrected chi connectivity index (χ1v) is 4.97. The molecule has 0 heterocycles. The lowest BCUT2D eigenvalue weighted by molar-refractivity contribution is 0.563. The number of carbonyl (C=O) groups excluding carboxylic acids is 1. The number of halogens is 1. The van der Waals surface area contributed by atoms with Crippen LogP contribution in [0.15, 0.2) is 45.9 Å². The van der Waals surface area contributed by atoms with Crippen molar-refractivity contribution in [3.05, 3.63) is 46.5 Å². The number of nitrogens with zero attached hydrogens (tertiary/aromatic N) is 1. The Morgan fingerprint density at radius 1 is 1.50 bits per heavy atom. The second kappa shape index (κ2) is 5.53. The van der Waals surface area contributed by atoms with Crippen LogP contribution in [0.5, 0.6) is 0 Å². The number of hydrogen-bond donors (Lipinski definition) is 0. The monoisotopic (exact) mass is 251 g/mol. The third-order valence-electron chi connectivity index (χ3n) is 1.77. The molecule has 72 valence electrons. The molecule has 0 radical (unpaired) electrons. The molecule has 0 aliphatic heterocycles. The molecule has 1 aromatic carbocycles. The van der Waals surface area contributed by atoms with Crippen molar-refractivity contribution in [3.63, 3.8) is 0 Å². The molecule has 0 saturated heterocycles. The van der Waals surface area contributed by atoms with E-state index in [0.29, 0.717) is 6.54 Å². The molecule has 0 spiro atoms. The predicted octanol–water partition coefficient (Wildman–Crippen LogP) is 2.88. The van der Waals surface area contributed by atoms with Crippen LogP contribution in [-0.2, 0) is 11.2 Å². The molecule has 0 unspecified atom stereocenters. The van der Waals surface area contributed by atoms with Crippen LogP contribution in [0.2, 0.25) is 0 Å². The average molecular weight is 252 g/mol. The maximum absolute atomic E-state index is 9.89. The molecular weight excluding hydrogens is 242 g/mol. The van der Waals surface area contributed by atoms with Crippen molar-refractivity contribution in [1.82, 2.24) is 0 Å². The first-order valence-electron chi connectivity index (χ1n) is 4.17. The number of benzene rings is 1. The van der Waals surface area contributed by atoms with Crippen molar-refractivity contribution >= 4 is 22.0 Å². The molecule has 0 bridgehead atoms. The fourth-order valence-corrected chi connectivity index (χ4v) is 1.54. The van der Waals surface area contributed by atoms with Crippen molar-refractivity contribution in [1.29, 1.82) is 0 Å². The van der Waals surface area contributed by atoms with Crippen molar-refractivity contribution in [2.45, 2.75) is 6.42 Å². The van der Waals surface area contributed by atoms with Gasteiger partial charge in [0, 0.05) is 4.47 Å². The lowest BCUT2D eigenvalue weighted by Crippen LogP contribution is -1.93. The highest BCUT2D eigenvalue weighted by atomic mass is 79.9. The average Bonchev–Trinajstić information content (AvgIpc) is 2.18. The maximum Gasteiger partial charge on any atom is 0.235 e. The van der Waals surface area contributed by atoms with Gasteiger partial charge >= 0.3 is 0 Å². The van der Waals surface area contributed by atoms with Gasteiger partial charge in [0.05, 0.1) is 6.54 Å². The van der Waals surface area contributed by atoms with Crippen molar-refractivity contribution in [2.75, 3.05) is 6.54 Å². The van der Waals surface area contributed by atoms with Gasteiger partial charge in [-0.3, -0.25) is 0 Å². The SMILES string of the molecule is C=C(CN=C=O)Cc1ccccc1Br. The lowest BCUT2D eigenvalue weighted by Gasteiger charge is -2.04. The van der Waals surface area contributed by atoms with Crippen LogP contribution >= 0.6 is 15.9 Å². The van der Waals surface area contributed by atoms with Crippen molar-refractivity contribution in [2.24, 2.45) is 4.99 Å². The standard InChI is InChI=1S/C11H10BrNO/c1-9(7-13-8-14)6-10-4-2-3-5-11(10)12/h2-5H,1,6-7H2. The zero-order chi connectivity index (χ0) is 10.4. The highest BCUT2D eigenvalue weighted by Crippen LogP contribution is 2.18. The Morgan fingerprint density at radius 2 is 2.21 bits per heavy atom. The maximum atomic E-state index is 9.89. The summed E-state index contributed by atoms with van der Waals surface area (Å²) in [4.78, 5) is 13.4. The summed E-state index contributed by atoms with van der Waals surface area (Å²) in [6, 6.07) is 7.92. The van der Waals surface area contributed by atoms with Crippen molar-refractivity contribution in [3.8, 4) is 0 Å². The van der Waals surface area contributed by atoms with E-state index >= 15 is 0 Å². The van der Waals surface area contributed by atoms with E-state index in [1.165, 1.54) is 6.08 Å². The third kappa shape index (κ3) is 3.29. The normalized spacial score (nSPS) is 9.21. The number of rotatable bonds is 4. The van der Waals surface area contributed by atoms with E-state index in [9.17, 15) is 4.79 Å². The van der Waals surface area contributed by atoms with Gasteiger partial charge < -0.3 is 0 Å². The second-order valence-corrected chi connectivity index (χ2v) is 3.78. The highest BCUT2D eigenvalue weighted by molar-refractivity contribution is 9.10. The van der Waals surface area contributed by atoms with Crippen LogP contribution in [-0.4, -0.2) is 12.6 Å². The van der Waals surface area contributed by atoms with Crippen LogP contribution in [0.3, 0.4) is 0 Å². The third-order valence-corrected chi connectivity index (χ3v) is 2.54. The molecule has 0 aliphatic carbocycles. The Hall–Kier alpha value is -1.18. The van der Waals surface area contributed by atoms with Gasteiger partial charge in [0.1, 0.15) is 0 Å². The molecule has 2 nitrogen and oxygen atoms in total. The summed E-state index contributed by atoms with van der Waals surface area (Å²) in [6.45, 7) is 4.19. The number of aliphatic imine (C=N–C) groups is 1. The molecule has 0 fully saturated rings. The van der Waals surface area contributed by atoms with Crippen LogP contribution in [0.4, 0.5) is 0 Å². The molecule has 0 aromatic heterocycles. The summed E-state index contributed by atoms with van der Waals surface area (Å²) in [6.07, 6.45) is 2.23. The minimum atomic E-state index is 0.352. The summed E-state index contributed by atoms with van der Waals surface area (Å²) in [7, 11) is 0. The van der Waals surface area contributed by atoms with Crippen LogP contribution in [0.25, 0.3) is 0 Å². The van der Waals surface area contributed by atoms with E-state index in [4.69, 9.17) is 0 Å². The minimum absolute atomic E-state index is 0.352. The molecule has 0 aliphatic rings. The quantitative estimate of drug-likeness (QED) is 0.460. The topological polar surface area (TPSA) is 29.4 Å². The first kappa shape index (κ1) is 10.9. The smallest absolute Gasteiger partial charge is 0.211 e. The Balaban J connectivity index is 2.65. The molecule has 0 N–H and O–H groups in total. The zero-order valence-electron chi connectivity index (χ0n) is 7.66. The van der Waals surface area contributed by atoms with Gasteiger partial charge in [-0.25, -0.2) is 9.79 Å². The summed E-state index contributed by atoms with van der Waals surface area (Å²) in [5.41, 5.74) is 2.05. The molecule has 0 atom stereocenters. The van der Waals surface area contributed by atoms with Gasteiger partial charge in [-0.2, -0.15) is 0 Å². The fourth-order valence-electron chi connectivity index (χ4n) is 1.11. The van der Waals surface area contributed by atoms with Crippen molar-refractivity contribution < 1.29 is 4.79 Å². The Labute approximate surface area is 91.5 Å². The Kier molecular flexibility index (Phi) is 4.30. The van der Waals surface area contributed by atoms with E-state index in [1.807, 2.05) is 24.3 Å². The Morgan fingerprint density at radius 3 is 2.86 bits per heavy atom. The minimum Gasteiger partial charge on any atom is -0.211 e. The molecule has 0 amide bonds. The predicted molar refractivity (Wildman–Crippen MR) is 60.0 cm³/mol. The number of hydrogen-bond acceptors (Lipinski definition) is 2. The van der Waals surface area contributed by atoms with Crippen LogP contribution in [0.1, 0.15) is 5.56 Å². The van der Waals surface area contributed by atoms with Gasteiger partial charge in [0.15, 0.2) is 0 Å². The zero-order valence-corrected chi connectivity index (χ0v) is 9.25. The summed E-state index contributed by atoms with van der Waals surface area (Å²) < 4.78 is 1.05. The highest BCUT2D eigenvalue weighted by Gasteiger charge is 2.00. The molecular formula is C11H10BrNO. The molecule has 3 heteroatoms. The lowest BCUT2D eigenvalue weighted by atomic mass is 10.1. The second-order valence-electron chi connectivity index (χ2n) is 2.93. The molecule has 0 saturated carbocycles. The molecule has 14 heavy (non-hydrogen) atoms. The van der Waals surface area contributed by atoms with Gasteiger partial charge in [0.2, 0.25) is 6.08 Å². The number of isocyanates is 1. The van der Waals surface area contributed by atoms with E-state index in [1.54, 1.807) is 0 Å².